The van der Waals surface area contributed by atoms with Crippen LogP contribution in [0.3, 0.4) is 0 Å². The van der Waals surface area contributed by atoms with Gasteiger partial charge in [-0.3, -0.25) is 0 Å². The van der Waals surface area contributed by atoms with E-state index in [1.165, 1.54) is 0 Å². The van der Waals surface area contributed by atoms with E-state index < -0.39 is 11.9 Å². The van der Waals surface area contributed by atoms with Crippen LogP contribution in [0, 0.1) is 6.92 Å². The molecule has 0 heterocycles. The molecule has 0 unspecified atom stereocenters. The minimum atomic E-state index is -1.33. The molecule has 0 bridgehead atoms. The molecular formula is C4H5CuMnO4. The molecule has 0 atom stereocenters. The van der Waals surface area contributed by atoms with Crippen molar-refractivity contribution in [2.75, 3.05) is 0 Å². The standard InChI is InChI=1S/C2H4O2.C2H3O2.Cu.Mn/c2*1-2(3)4;;/h1H3,(H,3,4);1H2,(H,3,4);;/q;-1;+1;+2/p-2. The van der Waals surface area contributed by atoms with Crippen LogP contribution in [0.1, 0.15) is 6.92 Å². The summed E-state index contributed by atoms with van der Waals surface area (Å²) in [5.41, 5.74) is 0. The zero-order chi connectivity index (χ0) is 7.15. The van der Waals surface area contributed by atoms with E-state index >= 15 is 0 Å². The zero-order valence-corrected chi connectivity index (χ0v) is 7.14. The molecule has 0 aromatic carbocycles. The molecule has 63 valence electrons. The number of carboxylic acid groups (broad SMARTS) is 2. The van der Waals surface area contributed by atoms with E-state index in [1.807, 2.05) is 0 Å². The minimum Gasteiger partial charge on any atom is -0.584 e. The summed E-state index contributed by atoms with van der Waals surface area (Å²) in [6, 6.07) is 0. The van der Waals surface area contributed by atoms with E-state index in [4.69, 9.17) is 19.8 Å². The number of carbonyl (C=O) groups is 2. The van der Waals surface area contributed by atoms with Crippen LogP contribution < -0.4 is 10.2 Å². The quantitative estimate of drug-likeness (QED) is 0.339. The average molecular weight is 236 g/mol. The van der Waals surface area contributed by atoms with E-state index in [0.29, 0.717) is 0 Å². The van der Waals surface area contributed by atoms with Crippen molar-refractivity contribution in [1.82, 2.24) is 0 Å². The molecule has 0 aromatic rings. The van der Waals surface area contributed by atoms with Gasteiger partial charge < -0.3 is 26.7 Å². The number of carbonyl (C=O) groups excluding carboxylic acids is 2. The molecule has 0 aliphatic rings. The molecule has 0 fully saturated rings. The molecule has 0 spiro atoms. The van der Waals surface area contributed by atoms with Crippen molar-refractivity contribution in [1.29, 1.82) is 0 Å². The Hall–Kier alpha value is -0.151. The van der Waals surface area contributed by atoms with Crippen molar-refractivity contribution in [2.45, 2.75) is 6.92 Å². The van der Waals surface area contributed by atoms with Crippen molar-refractivity contribution in [3.8, 4) is 0 Å². The van der Waals surface area contributed by atoms with Gasteiger partial charge in [0.05, 0.1) is 0 Å². The number of rotatable bonds is 0. The van der Waals surface area contributed by atoms with Gasteiger partial charge in [-0.05, 0) is 6.92 Å². The average Bonchev–Trinajstić information content (AvgIpc) is 1.25. The summed E-state index contributed by atoms with van der Waals surface area (Å²) in [4.78, 5) is 17.7. The van der Waals surface area contributed by atoms with E-state index in [1.54, 1.807) is 0 Å². The third-order valence-corrected chi connectivity index (χ3v) is 0. The number of aliphatic carboxylic acids is 2. The van der Waals surface area contributed by atoms with Crippen LogP contribution in [-0.2, 0) is 43.7 Å². The Kier molecular flexibility index (Phi) is 35.9. The Morgan fingerprint density at radius 3 is 1.30 bits per heavy atom. The van der Waals surface area contributed by atoms with Crippen LogP contribution in [0.15, 0.2) is 0 Å². The first kappa shape index (κ1) is 22.5. The predicted octanol–water partition coefficient (Wildman–Crippen LogP) is -2.68. The summed E-state index contributed by atoms with van der Waals surface area (Å²) in [5, 5.41) is 17.7. The minimum absolute atomic E-state index is 0. The second-order valence-electron chi connectivity index (χ2n) is 0.864. The molecule has 0 rings (SSSR count). The van der Waals surface area contributed by atoms with Gasteiger partial charge in [0, 0.05) is 5.97 Å². The van der Waals surface area contributed by atoms with Crippen molar-refractivity contribution < 1.29 is 53.9 Å². The van der Waals surface area contributed by atoms with Gasteiger partial charge in [0.25, 0.3) is 0 Å². The zero-order valence-electron chi connectivity index (χ0n) is 5.02. The molecule has 0 aliphatic heterocycles. The monoisotopic (exact) mass is 235 g/mol. The van der Waals surface area contributed by atoms with Crippen LogP contribution in [0.5, 0.6) is 0 Å². The summed E-state index contributed by atoms with van der Waals surface area (Å²) < 4.78 is 0. The van der Waals surface area contributed by atoms with Gasteiger partial charge in [-0.25, -0.2) is 0 Å². The Morgan fingerprint density at radius 2 is 1.30 bits per heavy atom. The normalized spacial score (nSPS) is 4.90. The SMILES string of the molecule is CC(=O)[O-].[CH2-]C(=O)[O-].[Cu+].[Mn+2]. The molecule has 0 saturated carbocycles. The van der Waals surface area contributed by atoms with Gasteiger partial charge >= 0.3 is 34.1 Å². The second kappa shape index (κ2) is 15.9. The van der Waals surface area contributed by atoms with Crippen LogP contribution in [0.2, 0.25) is 0 Å². The van der Waals surface area contributed by atoms with Crippen LogP contribution >= 0.6 is 0 Å². The molecule has 0 saturated heterocycles. The molecule has 0 N–H and O–H groups in total. The van der Waals surface area contributed by atoms with Gasteiger partial charge in [0.2, 0.25) is 0 Å². The maximum Gasteiger partial charge on any atom is 2.00 e. The first-order chi connectivity index (χ1) is 3.46. The van der Waals surface area contributed by atoms with Crippen molar-refractivity contribution in [3.05, 3.63) is 6.92 Å². The summed E-state index contributed by atoms with van der Waals surface area (Å²) in [6.07, 6.45) is 0. The summed E-state index contributed by atoms with van der Waals surface area (Å²) in [5.74, 6) is -2.42. The largest absolute Gasteiger partial charge is 2.00 e. The van der Waals surface area contributed by atoms with E-state index in [0.717, 1.165) is 6.92 Å². The summed E-state index contributed by atoms with van der Waals surface area (Å²) in [6.45, 7) is 3.42. The molecule has 1 radical (unpaired) electrons. The number of hydrogen-bond acceptors (Lipinski definition) is 4. The number of carboxylic acids is 2. The fourth-order valence-corrected chi connectivity index (χ4v) is 0. The number of hydrogen-bond donors (Lipinski definition) is 0. The molecule has 0 aromatic heterocycles. The van der Waals surface area contributed by atoms with Gasteiger partial charge in [-0.15, -0.1) is 5.97 Å². The molecule has 0 aliphatic carbocycles. The van der Waals surface area contributed by atoms with E-state index in [9.17, 15) is 0 Å². The predicted molar refractivity (Wildman–Crippen MR) is 21.0 cm³/mol. The van der Waals surface area contributed by atoms with Gasteiger partial charge in [-0.2, -0.15) is 0 Å². The first-order valence-corrected chi connectivity index (χ1v) is 1.67. The molecule has 6 heteroatoms. The van der Waals surface area contributed by atoms with Crippen molar-refractivity contribution in [2.24, 2.45) is 0 Å². The van der Waals surface area contributed by atoms with Gasteiger partial charge in [0.1, 0.15) is 0 Å². The van der Waals surface area contributed by atoms with E-state index in [-0.39, 0.29) is 34.1 Å². The third kappa shape index (κ3) is 16100. The fraction of sp³-hybridized carbons (Fsp3) is 0.250. The van der Waals surface area contributed by atoms with E-state index in [2.05, 4.69) is 6.92 Å². The van der Waals surface area contributed by atoms with Crippen molar-refractivity contribution >= 4 is 11.9 Å². The summed E-state index contributed by atoms with van der Waals surface area (Å²) >= 11 is 0. The maximum absolute atomic E-state index is 8.89. The van der Waals surface area contributed by atoms with Crippen LogP contribution in [0.4, 0.5) is 0 Å². The second-order valence-corrected chi connectivity index (χ2v) is 0.864. The van der Waals surface area contributed by atoms with Crippen molar-refractivity contribution in [3.63, 3.8) is 0 Å². The fourth-order valence-electron chi connectivity index (χ4n) is 0. The Morgan fingerprint density at radius 1 is 1.30 bits per heavy atom. The van der Waals surface area contributed by atoms with Crippen LogP contribution in [-0.4, -0.2) is 11.9 Å². The molecule has 0 amide bonds. The Balaban J connectivity index is -0.0000000300. The van der Waals surface area contributed by atoms with Crippen LogP contribution in [0.25, 0.3) is 0 Å². The Bertz CT molecular complexity index is 75.3. The first-order valence-electron chi connectivity index (χ1n) is 1.67. The topological polar surface area (TPSA) is 80.3 Å². The third-order valence-electron chi connectivity index (χ3n) is 0. The smallest absolute Gasteiger partial charge is 0.584 e. The summed E-state index contributed by atoms with van der Waals surface area (Å²) in [7, 11) is 0. The van der Waals surface area contributed by atoms with Gasteiger partial charge in [0.15, 0.2) is 0 Å². The van der Waals surface area contributed by atoms with Gasteiger partial charge in [-0.1, -0.05) is 0 Å². The molecule has 10 heavy (non-hydrogen) atoms. The molecule has 4 nitrogen and oxygen atoms in total. The Labute approximate surface area is 79.9 Å². The maximum atomic E-state index is 8.89. The molecular weight excluding hydrogens is 231 g/mol.